The molecule has 0 saturated carbocycles. The summed E-state index contributed by atoms with van der Waals surface area (Å²) in [6, 6.07) is 9.94. The molecule has 0 aromatic heterocycles. The van der Waals surface area contributed by atoms with Crippen molar-refractivity contribution >= 4 is 5.97 Å². The van der Waals surface area contributed by atoms with Crippen LogP contribution < -0.4 is 0 Å². The molecule has 1 rings (SSSR count). The Kier molecular flexibility index (Phi) is 5.57. The Hall–Kier alpha value is -1.35. The normalized spacial score (nSPS) is 12.1. The van der Waals surface area contributed by atoms with Gasteiger partial charge in [-0.25, -0.2) is 0 Å². The number of esters is 1. The van der Waals surface area contributed by atoms with Crippen molar-refractivity contribution in [2.75, 3.05) is 13.7 Å². The summed E-state index contributed by atoms with van der Waals surface area (Å²) in [6.07, 6.45) is 0.898. The zero-order valence-electron chi connectivity index (χ0n) is 9.81. The molecule has 0 aliphatic carbocycles. The fourth-order valence-electron chi connectivity index (χ4n) is 1.47. The Morgan fingerprint density at radius 2 is 2.00 bits per heavy atom. The first kappa shape index (κ1) is 12.7. The molecule has 0 unspecified atom stereocenters. The molecule has 16 heavy (non-hydrogen) atoms. The number of methoxy groups -OCH3 is 1. The molecule has 0 spiro atoms. The number of hydrogen-bond donors (Lipinski definition) is 0. The van der Waals surface area contributed by atoms with Gasteiger partial charge in [-0.2, -0.15) is 0 Å². The van der Waals surface area contributed by atoms with Gasteiger partial charge in [-0.15, -0.1) is 0 Å². The van der Waals surface area contributed by atoms with Crippen molar-refractivity contribution in [3.05, 3.63) is 35.9 Å². The van der Waals surface area contributed by atoms with Gasteiger partial charge in [0, 0.05) is 20.0 Å². The third-order valence-electron chi connectivity index (χ3n) is 2.25. The molecule has 0 aliphatic heterocycles. The van der Waals surface area contributed by atoms with Crippen molar-refractivity contribution < 1.29 is 14.3 Å². The van der Waals surface area contributed by atoms with Crippen LogP contribution in [0.2, 0.25) is 0 Å². The second-order valence-electron chi connectivity index (χ2n) is 3.61. The van der Waals surface area contributed by atoms with E-state index in [-0.39, 0.29) is 12.1 Å². The fraction of sp³-hybridized carbons (Fsp3) is 0.462. The predicted octanol–water partition coefficient (Wildman–Crippen LogP) is 2.20. The summed E-state index contributed by atoms with van der Waals surface area (Å²) in [5.41, 5.74) is 1.15. The highest BCUT2D eigenvalue weighted by molar-refractivity contribution is 5.69. The van der Waals surface area contributed by atoms with Crippen LogP contribution in [0.4, 0.5) is 0 Å². The molecule has 1 atom stereocenters. The minimum Gasteiger partial charge on any atom is -0.460 e. The zero-order valence-corrected chi connectivity index (χ0v) is 9.81. The molecule has 3 nitrogen and oxygen atoms in total. The average Bonchev–Trinajstić information content (AvgIpc) is 2.30. The van der Waals surface area contributed by atoms with Gasteiger partial charge in [0.15, 0.2) is 0 Å². The third-order valence-corrected chi connectivity index (χ3v) is 2.25. The van der Waals surface area contributed by atoms with Crippen LogP contribution in [0.5, 0.6) is 0 Å². The molecule has 0 aliphatic rings. The van der Waals surface area contributed by atoms with Crippen LogP contribution in [-0.4, -0.2) is 25.8 Å². The van der Waals surface area contributed by atoms with Gasteiger partial charge < -0.3 is 9.47 Å². The Balaban J connectivity index is 2.54. The predicted molar refractivity (Wildman–Crippen MR) is 62.2 cm³/mol. The lowest BCUT2D eigenvalue weighted by Crippen LogP contribution is -2.25. The molecule has 0 N–H and O–H groups in total. The van der Waals surface area contributed by atoms with Crippen molar-refractivity contribution in [1.29, 1.82) is 0 Å². The first-order valence-electron chi connectivity index (χ1n) is 5.48. The molecule has 1 aromatic carbocycles. The van der Waals surface area contributed by atoms with E-state index in [1.807, 2.05) is 30.3 Å². The zero-order chi connectivity index (χ0) is 11.8. The number of rotatable bonds is 6. The lowest BCUT2D eigenvalue weighted by Gasteiger charge is -2.16. The van der Waals surface area contributed by atoms with Crippen molar-refractivity contribution in [3.63, 3.8) is 0 Å². The Labute approximate surface area is 96.4 Å². The van der Waals surface area contributed by atoms with Crippen LogP contribution in [0.1, 0.15) is 18.9 Å². The molecule has 0 bridgehead atoms. The standard InChI is InChI=1S/C13H18O3/c1-3-13(14)16-12(10-15-2)9-11-7-5-4-6-8-11/h4-8,12H,3,9-10H2,1-2H3/t12-/m0/s1. The molecule has 0 saturated heterocycles. The van der Waals surface area contributed by atoms with E-state index in [1.165, 1.54) is 0 Å². The molecular weight excluding hydrogens is 204 g/mol. The van der Waals surface area contributed by atoms with Crippen LogP contribution in [0.3, 0.4) is 0 Å². The molecule has 3 heteroatoms. The lowest BCUT2D eigenvalue weighted by atomic mass is 10.1. The maximum absolute atomic E-state index is 11.2. The van der Waals surface area contributed by atoms with Gasteiger partial charge in [0.2, 0.25) is 0 Å². The Bertz CT molecular complexity index is 308. The van der Waals surface area contributed by atoms with E-state index in [0.717, 1.165) is 5.56 Å². The molecular formula is C13H18O3. The quantitative estimate of drug-likeness (QED) is 0.692. The fourth-order valence-corrected chi connectivity index (χ4v) is 1.47. The van der Waals surface area contributed by atoms with E-state index in [1.54, 1.807) is 14.0 Å². The highest BCUT2D eigenvalue weighted by Crippen LogP contribution is 2.07. The second-order valence-corrected chi connectivity index (χ2v) is 3.61. The topological polar surface area (TPSA) is 35.5 Å². The van der Waals surface area contributed by atoms with Gasteiger partial charge in [-0.3, -0.25) is 4.79 Å². The summed E-state index contributed by atoms with van der Waals surface area (Å²) in [6.45, 7) is 2.22. The molecule has 1 aromatic rings. The van der Waals surface area contributed by atoms with Crippen LogP contribution in [0, 0.1) is 0 Å². The monoisotopic (exact) mass is 222 g/mol. The SMILES string of the molecule is CCC(=O)O[C@H](COC)Cc1ccccc1. The number of ether oxygens (including phenoxy) is 2. The summed E-state index contributed by atoms with van der Waals surface area (Å²) < 4.78 is 10.3. The highest BCUT2D eigenvalue weighted by atomic mass is 16.6. The van der Waals surface area contributed by atoms with E-state index >= 15 is 0 Å². The van der Waals surface area contributed by atoms with Crippen molar-refractivity contribution in [3.8, 4) is 0 Å². The number of carbonyl (C=O) groups excluding carboxylic acids is 1. The summed E-state index contributed by atoms with van der Waals surface area (Å²) in [4.78, 5) is 11.2. The Morgan fingerprint density at radius 1 is 1.31 bits per heavy atom. The summed E-state index contributed by atoms with van der Waals surface area (Å²) >= 11 is 0. The molecule has 0 amide bonds. The molecule has 0 fully saturated rings. The molecule has 88 valence electrons. The number of benzene rings is 1. The maximum Gasteiger partial charge on any atom is 0.305 e. The van der Waals surface area contributed by atoms with E-state index in [2.05, 4.69) is 0 Å². The largest absolute Gasteiger partial charge is 0.460 e. The number of hydrogen-bond acceptors (Lipinski definition) is 3. The van der Waals surface area contributed by atoms with Gasteiger partial charge in [0.1, 0.15) is 6.10 Å². The van der Waals surface area contributed by atoms with Gasteiger partial charge in [0.05, 0.1) is 6.61 Å². The van der Waals surface area contributed by atoms with E-state index < -0.39 is 0 Å². The summed E-state index contributed by atoms with van der Waals surface area (Å²) in [5.74, 6) is -0.182. The third kappa shape index (κ3) is 4.45. The van der Waals surface area contributed by atoms with Crippen molar-refractivity contribution in [2.45, 2.75) is 25.9 Å². The second kappa shape index (κ2) is 7.01. The van der Waals surface area contributed by atoms with Crippen LogP contribution in [0.15, 0.2) is 30.3 Å². The van der Waals surface area contributed by atoms with E-state index in [0.29, 0.717) is 19.4 Å². The minimum absolute atomic E-state index is 0.182. The molecule has 0 radical (unpaired) electrons. The first-order chi connectivity index (χ1) is 7.76. The van der Waals surface area contributed by atoms with Crippen LogP contribution in [-0.2, 0) is 20.7 Å². The number of carbonyl (C=O) groups is 1. The summed E-state index contributed by atoms with van der Waals surface area (Å²) in [5, 5.41) is 0. The Morgan fingerprint density at radius 3 is 2.56 bits per heavy atom. The lowest BCUT2D eigenvalue weighted by molar-refractivity contribution is -0.151. The van der Waals surface area contributed by atoms with Crippen molar-refractivity contribution in [1.82, 2.24) is 0 Å². The smallest absolute Gasteiger partial charge is 0.305 e. The minimum atomic E-state index is -0.195. The van der Waals surface area contributed by atoms with Gasteiger partial charge in [-0.05, 0) is 5.56 Å². The van der Waals surface area contributed by atoms with Crippen LogP contribution in [0.25, 0.3) is 0 Å². The summed E-state index contributed by atoms with van der Waals surface area (Å²) in [7, 11) is 1.61. The van der Waals surface area contributed by atoms with E-state index in [4.69, 9.17) is 9.47 Å². The van der Waals surface area contributed by atoms with E-state index in [9.17, 15) is 4.79 Å². The first-order valence-corrected chi connectivity index (χ1v) is 5.48. The van der Waals surface area contributed by atoms with Gasteiger partial charge in [-0.1, -0.05) is 37.3 Å². The van der Waals surface area contributed by atoms with Gasteiger partial charge in [0.25, 0.3) is 0 Å². The molecule has 0 heterocycles. The van der Waals surface area contributed by atoms with Crippen LogP contribution >= 0.6 is 0 Å². The average molecular weight is 222 g/mol. The maximum atomic E-state index is 11.2. The highest BCUT2D eigenvalue weighted by Gasteiger charge is 2.13. The van der Waals surface area contributed by atoms with Crippen molar-refractivity contribution in [2.24, 2.45) is 0 Å². The van der Waals surface area contributed by atoms with Gasteiger partial charge >= 0.3 is 5.97 Å².